The number of piperidine rings is 1. The van der Waals surface area contributed by atoms with Crippen molar-refractivity contribution in [1.82, 2.24) is 15.5 Å². The highest BCUT2D eigenvalue weighted by Crippen LogP contribution is 2.21. The summed E-state index contributed by atoms with van der Waals surface area (Å²) in [6.45, 7) is 2.12. The molecule has 3 rings (SSSR count). The average molecular weight is 293 g/mol. The zero-order chi connectivity index (χ0) is 14.7. The third-order valence-electron chi connectivity index (χ3n) is 3.81. The molecule has 6 heteroatoms. The van der Waals surface area contributed by atoms with Gasteiger partial charge in [-0.2, -0.15) is 4.98 Å². The quantitative estimate of drug-likeness (QED) is 0.941. The number of halogens is 2. The van der Waals surface area contributed by atoms with Crippen LogP contribution in [0.2, 0.25) is 0 Å². The summed E-state index contributed by atoms with van der Waals surface area (Å²) in [5.41, 5.74) is 0.296. The van der Waals surface area contributed by atoms with Crippen LogP contribution in [0.4, 0.5) is 8.78 Å². The average Bonchev–Trinajstić information content (AvgIpc) is 2.94. The molecule has 0 aliphatic carbocycles. The molecule has 1 aliphatic heterocycles. The second-order valence-corrected chi connectivity index (χ2v) is 5.40. The second-order valence-electron chi connectivity index (χ2n) is 5.40. The Kier molecular flexibility index (Phi) is 4.24. The molecule has 1 aromatic heterocycles. The maximum absolute atomic E-state index is 13.2. The second kappa shape index (κ2) is 6.30. The predicted octanol–water partition coefficient (Wildman–Crippen LogP) is 2.95. The molecule has 1 aromatic carbocycles. The van der Waals surface area contributed by atoms with E-state index in [0.29, 0.717) is 23.8 Å². The molecular weight excluding hydrogens is 276 g/mol. The molecular formula is C15H17F2N3O. The van der Waals surface area contributed by atoms with Crippen molar-refractivity contribution in [2.45, 2.75) is 25.7 Å². The standard InChI is InChI=1S/C15H17F2N3O/c16-12-7-11(8-13(17)9-12)15-19-14(21-20-15)2-1-10-3-5-18-6-4-10/h7-10,18H,1-6H2. The fourth-order valence-electron chi connectivity index (χ4n) is 2.65. The number of rotatable bonds is 4. The van der Waals surface area contributed by atoms with Crippen LogP contribution < -0.4 is 5.32 Å². The summed E-state index contributed by atoms with van der Waals surface area (Å²) >= 11 is 0. The molecule has 1 fully saturated rings. The van der Waals surface area contributed by atoms with Gasteiger partial charge in [0.05, 0.1) is 0 Å². The van der Waals surface area contributed by atoms with E-state index in [2.05, 4.69) is 15.5 Å². The molecule has 0 radical (unpaired) electrons. The molecule has 0 unspecified atom stereocenters. The first kappa shape index (κ1) is 14.1. The minimum Gasteiger partial charge on any atom is -0.339 e. The number of hydrogen-bond acceptors (Lipinski definition) is 4. The van der Waals surface area contributed by atoms with Crippen molar-refractivity contribution in [3.63, 3.8) is 0 Å². The first-order chi connectivity index (χ1) is 10.2. The van der Waals surface area contributed by atoms with E-state index in [0.717, 1.165) is 38.4 Å². The molecule has 1 aliphatic rings. The molecule has 0 amide bonds. The third kappa shape index (κ3) is 3.64. The van der Waals surface area contributed by atoms with Crippen LogP contribution in [0.1, 0.15) is 25.2 Å². The third-order valence-corrected chi connectivity index (χ3v) is 3.81. The van der Waals surface area contributed by atoms with Crippen LogP contribution >= 0.6 is 0 Å². The summed E-state index contributed by atoms with van der Waals surface area (Å²) < 4.78 is 31.5. The van der Waals surface area contributed by atoms with Crippen molar-refractivity contribution in [2.24, 2.45) is 5.92 Å². The van der Waals surface area contributed by atoms with E-state index in [1.807, 2.05) is 0 Å². The normalized spacial score (nSPS) is 16.3. The number of nitrogens with one attached hydrogen (secondary N) is 1. The lowest BCUT2D eigenvalue weighted by Crippen LogP contribution is -2.27. The first-order valence-electron chi connectivity index (χ1n) is 7.20. The Balaban J connectivity index is 1.65. The summed E-state index contributed by atoms with van der Waals surface area (Å²) in [7, 11) is 0. The lowest BCUT2D eigenvalue weighted by Gasteiger charge is -2.21. The van der Waals surface area contributed by atoms with Crippen molar-refractivity contribution in [3.8, 4) is 11.4 Å². The minimum atomic E-state index is -0.647. The predicted molar refractivity (Wildman–Crippen MR) is 73.6 cm³/mol. The van der Waals surface area contributed by atoms with Gasteiger partial charge in [0.2, 0.25) is 11.7 Å². The van der Waals surface area contributed by atoms with E-state index in [-0.39, 0.29) is 5.82 Å². The number of aryl methyl sites for hydroxylation is 1. The molecule has 0 spiro atoms. The molecule has 1 N–H and O–H groups in total. The van der Waals surface area contributed by atoms with E-state index < -0.39 is 11.6 Å². The van der Waals surface area contributed by atoms with Gasteiger partial charge in [0.15, 0.2) is 0 Å². The lowest BCUT2D eigenvalue weighted by atomic mass is 9.93. The highest BCUT2D eigenvalue weighted by molar-refractivity contribution is 5.54. The molecule has 0 bridgehead atoms. The van der Waals surface area contributed by atoms with Gasteiger partial charge >= 0.3 is 0 Å². The summed E-state index contributed by atoms with van der Waals surface area (Å²) in [5, 5.41) is 7.13. The first-order valence-corrected chi connectivity index (χ1v) is 7.20. The lowest BCUT2D eigenvalue weighted by molar-refractivity contribution is 0.324. The van der Waals surface area contributed by atoms with Crippen LogP contribution in [0.15, 0.2) is 22.7 Å². The molecule has 0 saturated carbocycles. The number of hydrogen-bond donors (Lipinski definition) is 1. The number of nitrogens with zero attached hydrogens (tertiary/aromatic N) is 2. The zero-order valence-corrected chi connectivity index (χ0v) is 11.6. The summed E-state index contributed by atoms with van der Waals surface area (Å²) in [4.78, 5) is 4.22. The van der Waals surface area contributed by atoms with Crippen molar-refractivity contribution in [1.29, 1.82) is 0 Å². The summed E-state index contributed by atoms with van der Waals surface area (Å²) in [5.74, 6) is 0.132. The van der Waals surface area contributed by atoms with Crippen LogP contribution in [-0.4, -0.2) is 23.2 Å². The van der Waals surface area contributed by atoms with Gasteiger partial charge in [0, 0.05) is 18.1 Å². The zero-order valence-electron chi connectivity index (χ0n) is 11.6. The maximum Gasteiger partial charge on any atom is 0.226 e. The van der Waals surface area contributed by atoms with Crippen LogP contribution in [0.5, 0.6) is 0 Å². The monoisotopic (exact) mass is 293 g/mol. The fraction of sp³-hybridized carbons (Fsp3) is 0.467. The largest absolute Gasteiger partial charge is 0.339 e. The summed E-state index contributed by atoms with van der Waals surface area (Å²) in [6.07, 6.45) is 4.03. The van der Waals surface area contributed by atoms with Gasteiger partial charge < -0.3 is 9.84 Å². The Morgan fingerprint density at radius 3 is 2.57 bits per heavy atom. The Bertz CT molecular complexity index is 588. The SMILES string of the molecule is Fc1cc(F)cc(-c2noc(CCC3CCNCC3)n2)c1. The molecule has 1 saturated heterocycles. The molecule has 0 atom stereocenters. The number of benzene rings is 1. The van der Waals surface area contributed by atoms with Crippen LogP contribution in [0.25, 0.3) is 11.4 Å². The highest BCUT2D eigenvalue weighted by atomic mass is 19.1. The topological polar surface area (TPSA) is 51.0 Å². The van der Waals surface area contributed by atoms with Crippen molar-refractivity contribution >= 4 is 0 Å². The Hall–Kier alpha value is -1.82. The Morgan fingerprint density at radius 1 is 1.14 bits per heavy atom. The fourth-order valence-corrected chi connectivity index (χ4v) is 2.65. The van der Waals surface area contributed by atoms with Gasteiger partial charge in [-0.05, 0) is 50.4 Å². The van der Waals surface area contributed by atoms with E-state index in [9.17, 15) is 8.78 Å². The van der Waals surface area contributed by atoms with E-state index in [1.54, 1.807) is 0 Å². The van der Waals surface area contributed by atoms with Crippen LogP contribution in [-0.2, 0) is 6.42 Å². The van der Waals surface area contributed by atoms with Gasteiger partial charge in [-0.1, -0.05) is 5.16 Å². The van der Waals surface area contributed by atoms with Crippen molar-refractivity contribution in [2.75, 3.05) is 13.1 Å². The molecule has 2 aromatic rings. The minimum absolute atomic E-state index is 0.230. The van der Waals surface area contributed by atoms with Gasteiger partial charge in [-0.25, -0.2) is 8.78 Å². The van der Waals surface area contributed by atoms with E-state index in [1.165, 1.54) is 12.1 Å². The van der Waals surface area contributed by atoms with Crippen molar-refractivity contribution in [3.05, 3.63) is 35.7 Å². The molecule has 2 heterocycles. The summed E-state index contributed by atoms with van der Waals surface area (Å²) in [6, 6.07) is 3.22. The molecule has 4 nitrogen and oxygen atoms in total. The van der Waals surface area contributed by atoms with Gasteiger partial charge in [-0.15, -0.1) is 0 Å². The van der Waals surface area contributed by atoms with Gasteiger partial charge in [-0.3, -0.25) is 0 Å². The maximum atomic E-state index is 13.2. The van der Waals surface area contributed by atoms with E-state index in [4.69, 9.17) is 4.52 Å². The Morgan fingerprint density at radius 2 is 1.86 bits per heavy atom. The molecule has 21 heavy (non-hydrogen) atoms. The molecule has 112 valence electrons. The van der Waals surface area contributed by atoms with Crippen molar-refractivity contribution < 1.29 is 13.3 Å². The highest BCUT2D eigenvalue weighted by Gasteiger charge is 2.16. The van der Waals surface area contributed by atoms with Gasteiger partial charge in [0.1, 0.15) is 11.6 Å². The Labute approximate surface area is 121 Å². The smallest absolute Gasteiger partial charge is 0.226 e. The van der Waals surface area contributed by atoms with Gasteiger partial charge in [0.25, 0.3) is 0 Å². The number of aromatic nitrogens is 2. The van der Waals surface area contributed by atoms with Crippen LogP contribution in [0, 0.1) is 17.6 Å². The van der Waals surface area contributed by atoms with Crippen LogP contribution in [0.3, 0.4) is 0 Å². The van der Waals surface area contributed by atoms with E-state index >= 15 is 0 Å².